The first-order chi connectivity index (χ1) is 17.0. The van der Waals surface area contributed by atoms with Crippen LogP contribution >= 0.6 is 11.9 Å². The summed E-state index contributed by atoms with van der Waals surface area (Å²) in [5, 5.41) is 18.1. The summed E-state index contributed by atoms with van der Waals surface area (Å²) in [4.78, 5) is 13.3. The molecule has 0 aliphatic carbocycles. The summed E-state index contributed by atoms with van der Waals surface area (Å²) < 4.78 is 16.1. The van der Waals surface area contributed by atoms with Gasteiger partial charge in [-0.25, -0.2) is 15.0 Å². The van der Waals surface area contributed by atoms with Crippen molar-refractivity contribution >= 4 is 17.9 Å². The minimum absolute atomic E-state index is 0.0725. The van der Waals surface area contributed by atoms with E-state index in [0.29, 0.717) is 34.7 Å². The van der Waals surface area contributed by atoms with Gasteiger partial charge in [0.15, 0.2) is 11.6 Å². The SMILES string of the molecule is COc1cccc(-c2nnc(NSC(C)C(OC)c3ncc(C)cn3)n2-c2cccc(C#N)c2)n1. The summed E-state index contributed by atoms with van der Waals surface area (Å²) >= 11 is 1.41. The second kappa shape index (κ2) is 10.9. The van der Waals surface area contributed by atoms with Gasteiger partial charge < -0.3 is 9.47 Å². The molecule has 1 N–H and O–H groups in total. The Kier molecular flexibility index (Phi) is 7.54. The van der Waals surface area contributed by atoms with Crippen LogP contribution in [0.5, 0.6) is 5.88 Å². The maximum Gasteiger partial charge on any atom is 0.239 e. The largest absolute Gasteiger partial charge is 0.481 e. The number of anilines is 1. The number of aromatic nitrogens is 6. The molecule has 0 radical (unpaired) electrons. The van der Waals surface area contributed by atoms with Crippen molar-refractivity contribution in [3.05, 3.63) is 71.8 Å². The van der Waals surface area contributed by atoms with Crippen molar-refractivity contribution in [3.63, 3.8) is 0 Å². The van der Waals surface area contributed by atoms with E-state index >= 15 is 0 Å². The van der Waals surface area contributed by atoms with Crippen molar-refractivity contribution in [3.8, 4) is 29.2 Å². The van der Waals surface area contributed by atoms with Crippen molar-refractivity contribution in [1.29, 1.82) is 5.26 Å². The highest BCUT2D eigenvalue weighted by Gasteiger charge is 2.24. The van der Waals surface area contributed by atoms with E-state index in [1.807, 2.05) is 42.7 Å². The molecular weight excluding hydrogens is 464 g/mol. The van der Waals surface area contributed by atoms with E-state index in [0.717, 1.165) is 11.3 Å². The Bertz CT molecular complexity index is 1340. The van der Waals surface area contributed by atoms with E-state index in [9.17, 15) is 5.26 Å². The first-order valence-corrected chi connectivity index (χ1v) is 11.6. The number of rotatable bonds is 9. The van der Waals surface area contributed by atoms with Gasteiger partial charge in [0.25, 0.3) is 0 Å². The fourth-order valence-corrected chi connectivity index (χ4v) is 4.17. The molecule has 0 bridgehead atoms. The van der Waals surface area contributed by atoms with Crippen LogP contribution in [-0.4, -0.2) is 49.2 Å². The number of ether oxygens (including phenoxy) is 2. The number of methoxy groups -OCH3 is 2. The Morgan fingerprint density at radius 2 is 1.86 bits per heavy atom. The molecule has 1 aromatic carbocycles. The van der Waals surface area contributed by atoms with Crippen molar-refractivity contribution in [1.82, 2.24) is 29.7 Å². The molecule has 3 heterocycles. The van der Waals surface area contributed by atoms with Gasteiger partial charge in [0, 0.05) is 25.6 Å². The van der Waals surface area contributed by atoms with Gasteiger partial charge in [-0.3, -0.25) is 9.29 Å². The molecule has 0 amide bonds. The fourth-order valence-electron chi connectivity index (χ4n) is 3.39. The Labute approximate surface area is 207 Å². The van der Waals surface area contributed by atoms with Crippen molar-refractivity contribution in [2.24, 2.45) is 0 Å². The lowest BCUT2D eigenvalue weighted by Crippen LogP contribution is -2.19. The van der Waals surface area contributed by atoms with Crippen LogP contribution in [0.3, 0.4) is 0 Å². The van der Waals surface area contributed by atoms with Crippen LogP contribution in [0.4, 0.5) is 5.95 Å². The molecule has 178 valence electrons. The molecular formula is C24H24N8O2S. The van der Waals surface area contributed by atoms with E-state index in [4.69, 9.17) is 9.47 Å². The third-order valence-electron chi connectivity index (χ3n) is 5.13. The van der Waals surface area contributed by atoms with Crippen LogP contribution in [0.1, 0.15) is 30.0 Å². The Balaban J connectivity index is 1.67. The smallest absolute Gasteiger partial charge is 0.239 e. The summed E-state index contributed by atoms with van der Waals surface area (Å²) in [5.41, 5.74) is 2.79. The van der Waals surface area contributed by atoms with Gasteiger partial charge in [-0.05, 0) is 55.6 Å². The second-order valence-electron chi connectivity index (χ2n) is 7.61. The molecule has 11 heteroatoms. The van der Waals surface area contributed by atoms with Crippen LogP contribution in [0, 0.1) is 18.3 Å². The molecule has 0 aliphatic heterocycles. The zero-order chi connectivity index (χ0) is 24.8. The van der Waals surface area contributed by atoms with Gasteiger partial charge >= 0.3 is 0 Å². The molecule has 3 aromatic heterocycles. The Hall–Kier alpha value is -4.01. The molecule has 4 rings (SSSR count). The summed E-state index contributed by atoms with van der Waals surface area (Å²) in [7, 11) is 3.19. The van der Waals surface area contributed by atoms with Crippen LogP contribution in [0.2, 0.25) is 0 Å². The summed E-state index contributed by atoms with van der Waals surface area (Å²) in [6, 6.07) is 14.8. The highest BCUT2D eigenvalue weighted by molar-refractivity contribution is 8.01. The molecule has 10 nitrogen and oxygen atoms in total. The van der Waals surface area contributed by atoms with E-state index in [2.05, 4.69) is 35.9 Å². The van der Waals surface area contributed by atoms with Crippen molar-refractivity contribution < 1.29 is 9.47 Å². The highest BCUT2D eigenvalue weighted by atomic mass is 32.2. The highest BCUT2D eigenvalue weighted by Crippen LogP contribution is 2.31. The second-order valence-corrected chi connectivity index (χ2v) is 8.79. The standard InChI is InChI=1S/C24H24N8O2S/c1-15-13-26-22(27-14-15)21(34-4)16(2)35-31-24-30-29-23(19-9-6-10-20(28-19)33-3)32(24)18-8-5-7-17(11-18)12-25/h5-11,13-14,16,21H,1-4H3,(H,30,31). The summed E-state index contributed by atoms with van der Waals surface area (Å²) in [6.45, 7) is 3.95. The molecule has 35 heavy (non-hydrogen) atoms. The van der Waals surface area contributed by atoms with E-state index < -0.39 is 0 Å². The summed E-state index contributed by atoms with van der Waals surface area (Å²) in [6.07, 6.45) is 3.20. The van der Waals surface area contributed by atoms with E-state index in [1.54, 1.807) is 44.8 Å². The third-order valence-corrected chi connectivity index (χ3v) is 6.05. The molecule has 4 aromatic rings. The molecule has 2 atom stereocenters. The molecule has 0 saturated heterocycles. The van der Waals surface area contributed by atoms with Gasteiger partial charge in [0.05, 0.1) is 29.7 Å². The van der Waals surface area contributed by atoms with E-state index in [1.165, 1.54) is 11.9 Å². The lowest BCUT2D eigenvalue weighted by Gasteiger charge is -2.21. The quantitative estimate of drug-likeness (QED) is 0.344. The maximum atomic E-state index is 9.41. The lowest BCUT2D eigenvalue weighted by atomic mass is 10.2. The van der Waals surface area contributed by atoms with Crippen LogP contribution < -0.4 is 9.46 Å². The number of nitriles is 1. The predicted molar refractivity (Wildman–Crippen MR) is 133 cm³/mol. The maximum absolute atomic E-state index is 9.41. The number of aryl methyl sites for hydroxylation is 1. The molecule has 0 spiro atoms. The van der Waals surface area contributed by atoms with Crippen molar-refractivity contribution in [2.45, 2.75) is 25.2 Å². The minimum atomic E-state index is -0.342. The number of pyridine rings is 1. The number of hydrogen-bond acceptors (Lipinski definition) is 10. The number of benzene rings is 1. The van der Waals surface area contributed by atoms with E-state index in [-0.39, 0.29) is 11.4 Å². The Morgan fingerprint density at radius 1 is 1.09 bits per heavy atom. The van der Waals surface area contributed by atoms with Crippen molar-refractivity contribution in [2.75, 3.05) is 18.9 Å². The van der Waals surface area contributed by atoms with Crippen LogP contribution in [0.25, 0.3) is 17.2 Å². The van der Waals surface area contributed by atoms with Crippen LogP contribution in [0.15, 0.2) is 54.9 Å². The summed E-state index contributed by atoms with van der Waals surface area (Å²) in [5.74, 6) is 2.03. The van der Waals surface area contributed by atoms with Gasteiger partial charge in [-0.1, -0.05) is 12.1 Å². The topological polar surface area (TPSA) is 124 Å². The van der Waals surface area contributed by atoms with Gasteiger partial charge in [0.2, 0.25) is 11.8 Å². The minimum Gasteiger partial charge on any atom is -0.481 e. The monoisotopic (exact) mass is 488 g/mol. The number of nitrogens with one attached hydrogen (secondary N) is 1. The number of nitrogens with zero attached hydrogens (tertiary/aromatic N) is 7. The average molecular weight is 489 g/mol. The molecule has 2 unspecified atom stereocenters. The zero-order valence-corrected chi connectivity index (χ0v) is 20.5. The van der Waals surface area contributed by atoms with Crippen LogP contribution in [-0.2, 0) is 4.74 Å². The van der Waals surface area contributed by atoms with Gasteiger partial charge in [0.1, 0.15) is 11.8 Å². The molecule has 0 fully saturated rings. The normalized spacial score (nSPS) is 12.5. The lowest BCUT2D eigenvalue weighted by molar-refractivity contribution is 0.0972. The predicted octanol–water partition coefficient (Wildman–Crippen LogP) is 4.14. The first-order valence-electron chi connectivity index (χ1n) is 10.7. The van der Waals surface area contributed by atoms with Gasteiger partial charge in [-0.15, -0.1) is 10.2 Å². The number of hydrogen-bond donors (Lipinski definition) is 1. The molecule has 0 saturated carbocycles. The molecule has 0 aliphatic rings. The third kappa shape index (κ3) is 5.40. The fraction of sp³-hybridized carbons (Fsp3) is 0.250. The Morgan fingerprint density at radius 3 is 2.57 bits per heavy atom. The van der Waals surface area contributed by atoms with Gasteiger partial charge in [-0.2, -0.15) is 5.26 Å². The average Bonchev–Trinajstić information content (AvgIpc) is 3.33. The first kappa shape index (κ1) is 24.1. The zero-order valence-electron chi connectivity index (χ0n) is 19.7.